The lowest BCUT2D eigenvalue weighted by Gasteiger charge is -2.40. The predicted molar refractivity (Wildman–Crippen MR) is 131 cm³/mol. The van der Waals surface area contributed by atoms with Crippen LogP contribution >= 0.6 is 11.6 Å². The van der Waals surface area contributed by atoms with Crippen LogP contribution in [0.4, 0.5) is 5.69 Å². The van der Waals surface area contributed by atoms with Crippen molar-refractivity contribution in [2.24, 2.45) is 5.41 Å². The van der Waals surface area contributed by atoms with Crippen LogP contribution in [-0.4, -0.2) is 33.9 Å². The molecule has 2 aliphatic rings. The van der Waals surface area contributed by atoms with E-state index in [0.717, 1.165) is 35.5 Å². The summed E-state index contributed by atoms with van der Waals surface area (Å²) in [7, 11) is 0. The van der Waals surface area contributed by atoms with Crippen LogP contribution in [0, 0.1) is 5.41 Å². The van der Waals surface area contributed by atoms with E-state index >= 15 is 0 Å². The van der Waals surface area contributed by atoms with E-state index in [0.29, 0.717) is 5.02 Å². The molecule has 0 saturated heterocycles. The molecule has 1 aliphatic heterocycles. The maximum absolute atomic E-state index is 14.0. The molecule has 0 N–H and O–H groups in total. The molecule has 3 aromatic rings. The van der Waals surface area contributed by atoms with Gasteiger partial charge >= 0.3 is 0 Å². The number of fused-ring (bicyclic) bond motifs is 3. The highest BCUT2D eigenvalue weighted by Crippen LogP contribution is 2.43. The lowest BCUT2D eigenvalue weighted by Crippen LogP contribution is -2.49. The average Bonchev–Trinajstić information content (AvgIpc) is 3.51. The number of carbonyl (C=O) groups excluding carboxylic acids is 2. The van der Waals surface area contributed by atoms with Crippen molar-refractivity contribution >= 4 is 29.1 Å². The quantitative estimate of drug-likeness (QED) is 0.507. The van der Waals surface area contributed by atoms with Crippen molar-refractivity contribution in [1.82, 2.24) is 9.47 Å². The molecule has 1 aliphatic carbocycles. The number of nitrogens with zero attached hydrogens (tertiary/aromatic N) is 3. The van der Waals surface area contributed by atoms with Gasteiger partial charge in [0.25, 0.3) is 0 Å². The molecule has 6 heteroatoms. The molecule has 0 radical (unpaired) electrons. The van der Waals surface area contributed by atoms with E-state index in [1.807, 2.05) is 86.5 Å². The minimum Gasteiger partial charge on any atom is -0.330 e. The zero-order valence-electron chi connectivity index (χ0n) is 19.2. The first-order valence-electron chi connectivity index (χ1n) is 11.4. The van der Waals surface area contributed by atoms with Gasteiger partial charge in [-0.3, -0.25) is 14.5 Å². The Morgan fingerprint density at radius 2 is 1.64 bits per heavy atom. The molecule has 1 saturated carbocycles. The predicted octanol–water partition coefficient (Wildman–Crippen LogP) is 5.60. The molecule has 2 heterocycles. The molecular weight excluding hydrogens is 434 g/mol. The monoisotopic (exact) mass is 461 g/mol. The van der Waals surface area contributed by atoms with Gasteiger partial charge < -0.3 is 9.47 Å². The molecule has 0 bridgehead atoms. The highest BCUT2D eigenvalue weighted by atomic mass is 35.5. The third kappa shape index (κ3) is 3.95. The van der Waals surface area contributed by atoms with Gasteiger partial charge in [0.15, 0.2) is 0 Å². The summed E-state index contributed by atoms with van der Waals surface area (Å²) in [6, 6.07) is 19.5. The number of anilines is 1. The highest BCUT2D eigenvalue weighted by molar-refractivity contribution is 6.30. The summed E-state index contributed by atoms with van der Waals surface area (Å²) >= 11 is 6.17. The Kier molecular flexibility index (Phi) is 5.32. The average molecular weight is 462 g/mol. The number of hydrogen-bond acceptors (Lipinski definition) is 2. The number of benzene rings is 2. The van der Waals surface area contributed by atoms with Gasteiger partial charge in [-0.05, 0) is 54.8 Å². The maximum atomic E-state index is 14.0. The second-order valence-electron chi connectivity index (χ2n) is 9.92. The van der Waals surface area contributed by atoms with Crippen LogP contribution in [0.2, 0.25) is 5.02 Å². The topological polar surface area (TPSA) is 45.6 Å². The Labute approximate surface area is 199 Å². The zero-order valence-corrected chi connectivity index (χ0v) is 19.9. The van der Waals surface area contributed by atoms with Gasteiger partial charge in [-0.25, -0.2) is 0 Å². The third-order valence-corrected chi connectivity index (χ3v) is 6.62. The fourth-order valence-corrected chi connectivity index (χ4v) is 4.75. The zero-order chi connectivity index (χ0) is 23.3. The van der Waals surface area contributed by atoms with Crippen molar-refractivity contribution in [3.8, 4) is 5.69 Å². The van der Waals surface area contributed by atoms with Crippen molar-refractivity contribution in [3.63, 3.8) is 0 Å². The number of aromatic nitrogens is 1. The Morgan fingerprint density at radius 1 is 0.970 bits per heavy atom. The number of carbonyl (C=O) groups is 2. The van der Waals surface area contributed by atoms with Crippen molar-refractivity contribution in [3.05, 3.63) is 83.1 Å². The highest BCUT2D eigenvalue weighted by Gasteiger charge is 2.42. The first-order chi connectivity index (χ1) is 15.8. The molecule has 2 amide bonds. The molecule has 1 aromatic heterocycles. The first-order valence-corrected chi connectivity index (χ1v) is 11.8. The normalized spacial score (nSPS) is 17.3. The standard InChI is InChI=1S/C27H28ClN3O2/c1-27(2,3)26(33)30(20-14-15-20)17-24(32)31-22-8-5-4-7-21(22)29-16-6-9-23(29)25(31)18-10-12-19(28)13-11-18/h4-13,16,20,25H,14-15,17H2,1-3H3. The summed E-state index contributed by atoms with van der Waals surface area (Å²) in [4.78, 5) is 30.9. The molecule has 1 fully saturated rings. The maximum Gasteiger partial charge on any atom is 0.247 e. The van der Waals surface area contributed by atoms with Crippen molar-refractivity contribution in [2.45, 2.75) is 45.7 Å². The molecule has 33 heavy (non-hydrogen) atoms. The summed E-state index contributed by atoms with van der Waals surface area (Å²) in [5, 5.41) is 0.652. The van der Waals surface area contributed by atoms with E-state index in [-0.39, 0.29) is 30.4 Å². The molecular formula is C27H28ClN3O2. The molecule has 1 unspecified atom stereocenters. The van der Waals surface area contributed by atoms with E-state index in [2.05, 4.69) is 10.6 Å². The van der Waals surface area contributed by atoms with Gasteiger partial charge in [-0.2, -0.15) is 0 Å². The molecule has 5 rings (SSSR count). The van der Waals surface area contributed by atoms with Crippen LogP contribution in [-0.2, 0) is 9.59 Å². The Hall–Kier alpha value is -3.05. The summed E-state index contributed by atoms with van der Waals surface area (Å²) in [5.74, 6) is -0.0607. The minimum atomic E-state index is -0.535. The minimum absolute atomic E-state index is 0.0232. The molecule has 0 spiro atoms. The van der Waals surface area contributed by atoms with Gasteiger partial charge in [0, 0.05) is 22.7 Å². The van der Waals surface area contributed by atoms with Crippen molar-refractivity contribution in [1.29, 1.82) is 0 Å². The molecule has 2 aromatic carbocycles. The van der Waals surface area contributed by atoms with Gasteiger partial charge in [0.2, 0.25) is 11.8 Å². The number of rotatable bonds is 4. The Bertz CT molecular complexity index is 1200. The van der Waals surface area contributed by atoms with Crippen molar-refractivity contribution in [2.75, 3.05) is 11.4 Å². The van der Waals surface area contributed by atoms with E-state index in [1.54, 1.807) is 4.90 Å². The van der Waals surface area contributed by atoms with Crippen LogP contribution in [0.5, 0.6) is 0 Å². The largest absolute Gasteiger partial charge is 0.330 e. The molecule has 5 nitrogen and oxygen atoms in total. The Balaban J connectivity index is 1.59. The van der Waals surface area contributed by atoms with E-state index in [4.69, 9.17) is 11.6 Å². The number of amides is 2. The molecule has 170 valence electrons. The van der Waals surface area contributed by atoms with Crippen molar-refractivity contribution < 1.29 is 9.59 Å². The Morgan fingerprint density at radius 3 is 2.27 bits per heavy atom. The van der Waals surface area contributed by atoms with E-state index in [1.165, 1.54) is 0 Å². The summed E-state index contributed by atoms with van der Waals surface area (Å²) in [6.45, 7) is 5.80. The second kappa shape index (κ2) is 8.07. The first kappa shape index (κ1) is 21.8. The lowest BCUT2D eigenvalue weighted by atomic mass is 9.94. The molecule has 1 atom stereocenters. The van der Waals surface area contributed by atoms with E-state index < -0.39 is 5.41 Å². The third-order valence-electron chi connectivity index (χ3n) is 6.37. The van der Waals surface area contributed by atoms with Crippen LogP contribution in [0.25, 0.3) is 5.69 Å². The van der Waals surface area contributed by atoms with Crippen LogP contribution in [0.1, 0.15) is 50.9 Å². The van der Waals surface area contributed by atoms with Crippen LogP contribution in [0.3, 0.4) is 0 Å². The smallest absolute Gasteiger partial charge is 0.247 e. The fourth-order valence-electron chi connectivity index (χ4n) is 4.63. The summed E-state index contributed by atoms with van der Waals surface area (Å²) in [6.07, 6.45) is 3.93. The van der Waals surface area contributed by atoms with Gasteiger partial charge in [-0.15, -0.1) is 0 Å². The second-order valence-corrected chi connectivity index (χ2v) is 10.4. The SMILES string of the molecule is CC(C)(C)C(=O)N(CC(=O)N1c2ccccc2-n2cccc2C1c1ccc(Cl)cc1)C1CC1. The summed E-state index contributed by atoms with van der Waals surface area (Å²) in [5.41, 5.74) is 3.24. The van der Waals surface area contributed by atoms with Crippen LogP contribution in [0.15, 0.2) is 66.9 Å². The van der Waals surface area contributed by atoms with Crippen LogP contribution < -0.4 is 4.90 Å². The number of para-hydroxylation sites is 2. The van der Waals surface area contributed by atoms with Gasteiger partial charge in [0.1, 0.15) is 12.6 Å². The summed E-state index contributed by atoms with van der Waals surface area (Å²) < 4.78 is 2.14. The number of hydrogen-bond donors (Lipinski definition) is 0. The lowest BCUT2D eigenvalue weighted by molar-refractivity contribution is -0.142. The van der Waals surface area contributed by atoms with E-state index in [9.17, 15) is 9.59 Å². The number of halogens is 1. The van der Waals surface area contributed by atoms with Gasteiger partial charge in [0.05, 0.1) is 17.1 Å². The fraction of sp³-hybridized carbons (Fsp3) is 0.333. The van der Waals surface area contributed by atoms with Gasteiger partial charge in [-0.1, -0.05) is 56.6 Å².